The van der Waals surface area contributed by atoms with Crippen LogP contribution in [0.15, 0.2) is 18.2 Å². The molecule has 0 aromatic heterocycles. The molecule has 179 valence electrons. The molecule has 0 heterocycles. The number of hydrogen-bond acceptors (Lipinski definition) is 3. The molecule has 0 atom stereocenters. The maximum atomic E-state index is 9.87. The molecular weight excluding hydrogens is 513 g/mol. The summed E-state index contributed by atoms with van der Waals surface area (Å²) in [4.78, 5) is 0. The summed E-state index contributed by atoms with van der Waals surface area (Å²) < 4.78 is 97.4. The molecule has 1 aliphatic carbocycles. The van der Waals surface area contributed by atoms with Gasteiger partial charge in [0.1, 0.15) is 6.10 Å². The smallest absolute Gasteiger partial charge is 2.00 e. The van der Waals surface area contributed by atoms with Crippen molar-refractivity contribution in [3.05, 3.63) is 75.0 Å². The third-order valence-corrected chi connectivity index (χ3v) is 2.96. The van der Waals surface area contributed by atoms with Gasteiger partial charge in [0.05, 0.1) is 14.2 Å². The van der Waals surface area contributed by atoms with E-state index in [-0.39, 0.29) is 17.1 Å². The van der Waals surface area contributed by atoms with Crippen molar-refractivity contribution in [1.82, 2.24) is 0 Å². The number of hydrogen-bond donors (Lipinski definition) is 0. The summed E-state index contributed by atoms with van der Waals surface area (Å²) in [5, 5.41) is 0. The molecular formula is C18H17F6FeO6P+. The van der Waals surface area contributed by atoms with Crippen LogP contribution in [-0.4, -0.2) is 21.3 Å². The Labute approximate surface area is 192 Å². The van der Waals surface area contributed by atoms with Crippen molar-refractivity contribution < 1.29 is 70.4 Å². The molecule has 0 aliphatic heterocycles. The van der Waals surface area contributed by atoms with Crippen LogP contribution in [0, 0.1) is 51.2 Å². The van der Waals surface area contributed by atoms with Crippen molar-refractivity contribution in [2.24, 2.45) is 0 Å². The number of ether oxygens (including phenoxy) is 3. The second kappa shape index (κ2) is 16.2. The van der Waals surface area contributed by atoms with Gasteiger partial charge in [0.25, 0.3) is 0 Å². The summed E-state index contributed by atoms with van der Waals surface area (Å²) in [5.74, 6) is 2.73. The first-order valence-electron chi connectivity index (χ1n) is 7.41. The quantitative estimate of drug-likeness (QED) is 0.155. The minimum Gasteiger partial charge on any atom is 2.00 e. The molecule has 0 N–H and O–H groups in total. The zero-order valence-corrected chi connectivity index (χ0v) is 18.7. The molecule has 6 nitrogen and oxygen atoms in total. The SMILES string of the molecule is CO[C]1[CH][CH][C](c2ccc(OC)c(OC)c2)C[CH]1.F[P-](F)(F)(F)(F)F.[C-]#[O+].[C-]#[O+].[C-]#[O+].[Fe+2]. The van der Waals surface area contributed by atoms with Crippen molar-refractivity contribution in [3.63, 3.8) is 0 Å². The molecule has 5 radical (unpaired) electrons. The zero-order chi connectivity index (χ0) is 25.4. The first kappa shape index (κ1) is 37.8. The third kappa shape index (κ3) is 21.7. The molecule has 0 amide bonds. The molecule has 1 aliphatic rings. The van der Waals surface area contributed by atoms with Crippen LogP contribution >= 0.6 is 7.81 Å². The van der Waals surface area contributed by atoms with Gasteiger partial charge in [0.2, 0.25) is 0 Å². The molecule has 1 saturated carbocycles. The number of rotatable bonds is 4. The van der Waals surface area contributed by atoms with Crippen LogP contribution in [0.5, 0.6) is 11.5 Å². The topological polar surface area (TPSA) is 87.4 Å². The first-order valence-corrected chi connectivity index (χ1v) is 9.44. The molecule has 0 spiro atoms. The summed E-state index contributed by atoms with van der Waals surface area (Å²) in [5.41, 5.74) is 1.13. The van der Waals surface area contributed by atoms with E-state index in [4.69, 9.17) is 28.2 Å². The van der Waals surface area contributed by atoms with Crippen molar-refractivity contribution in [3.8, 4) is 11.5 Å². The van der Waals surface area contributed by atoms with Gasteiger partial charge < -0.3 is 14.2 Å². The van der Waals surface area contributed by atoms with Gasteiger partial charge in [-0.05, 0) is 37.0 Å². The summed E-state index contributed by atoms with van der Waals surface area (Å²) in [6.07, 6.45) is 7.86. The molecule has 1 aromatic carbocycles. The molecule has 2 rings (SSSR count). The monoisotopic (exact) mass is 530 g/mol. The van der Waals surface area contributed by atoms with E-state index in [0.29, 0.717) is 0 Å². The van der Waals surface area contributed by atoms with E-state index >= 15 is 0 Å². The molecule has 1 fully saturated rings. The summed E-state index contributed by atoms with van der Waals surface area (Å²) >= 11 is 0. The average molecular weight is 530 g/mol. The Morgan fingerprint density at radius 3 is 1.50 bits per heavy atom. The van der Waals surface area contributed by atoms with Gasteiger partial charge in [-0.3, -0.25) is 0 Å². The Kier molecular flexibility index (Phi) is 19.1. The molecule has 0 unspecified atom stereocenters. The average Bonchev–Trinajstić information content (AvgIpc) is 2.75. The normalized spacial score (nSPS) is 15.2. The van der Waals surface area contributed by atoms with E-state index in [9.17, 15) is 25.2 Å². The molecule has 0 saturated heterocycles. The van der Waals surface area contributed by atoms with E-state index < -0.39 is 7.81 Å². The fourth-order valence-electron chi connectivity index (χ4n) is 1.93. The van der Waals surface area contributed by atoms with E-state index in [2.05, 4.69) is 32.8 Å². The number of benzene rings is 1. The van der Waals surface area contributed by atoms with E-state index in [0.717, 1.165) is 29.6 Å². The Morgan fingerprint density at radius 1 is 0.750 bits per heavy atom. The standard InChI is InChI=1S/C15H17O3.3CO.F6P.Fe/c1-16-13-7-4-11(5-8-13)12-6-9-14(17-2)15(10-12)18-3;3*1-2;1-7(2,3,4,5)6;/h4,6-10H,5H2,1-3H3;;;;;/q;;;;-1;+2. The van der Waals surface area contributed by atoms with Gasteiger partial charge in [0, 0.05) is 19.4 Å². The zero-order valence-electron chi connectivity index (χ0n) is 16.7. The molecule has 14 heteroatoms. The van der Waals surface area contributed by atoms with Crippen molar-refractivity contribution in [1.29, 1.82) is 0 Å². The second-order valence-electron chi connectivity index (χ2n) is 4.90. The summed E-state index contributed by atoms with van der Waals surface area (Å²) in [7, 11) is -5.70. The predicted octanol–water partition coefficient (Wildman–Crippen LogP) is 6.09. The molecule has 0 bridgehead atoms. The second-order valence-corrected chi connectivity index (χ2v) is 6.82. The fraction of sp³-hybridized carbons (Fsp3) is 0.222. The van der Waals surface area contributed by atoms with Gasteiger partial charge in [0.15, 0.2) is 11.5 Å². The largest absolute Gasteiger partial charge is 2.00 e. The first-order chi connectivity index (χ1) is 14.2. The van der Waals surface area contributed by atoms with Gasteiger partial charge in [-0.15, -0.1) is 0 Å². The van der Waals surface area contributed by atoms with Crippen LogP contribution in [0.3, 0.4) is 0 Å². The van der Waals surface area contributed by atoms with E-state index in [1.807, 2.05) is 24.6 Å². The Bertz CT molecular complexity index is 676. The van der Waals surface area contributed by atoms with Crippen LogP contribution < -0.4 is 9.47 Å². The van der Waals surface area contributed by atoms with Crippen LogP contribution in [0.1, 0.15) is 12.0 Å². The van der Waals surface area contributed by atoms with Crippen molar-refractivity contribution in [2.45, 2.75) is 6.42 Å². The van der Waals surface area contributed by atoms with Crippen LogP contribution in [-0.2, 0) is 35.8 Å². The third-order valence-electron chi connectivity index (χ3n) is 2.96. The summed E-state index contributed by atoms with van der Waals surface area (Å²) in [6, 6.07) is 5.95. The van der Waals surface area contributed by atoms with Gasteiger partial charge in [-0.25, -0.2) is 0 Å². The Morgan fingerprint density at radius 2 is 1.19 bits per heavy atom. The van der Waals surface area contributed by atoms with Crippen molar-refractivity contribution >= 4 is 7.81 Å². The van der Waals surface area contributed by atoms with Gasteiger partial charge >= 0.3 is 84.0 Å². The number of halogens is 6. The van der Waals surface area contributed by atoms with E-state index in [1.54, 1.807) is 21.3 Å². The van der Waals surface area contributed by atoms with E-state index in [1.165, 1.54) is 5.92 Å². The Balaban J connectivity index is -0.000000238. The fourth-order valence-corrected chi connectivity index (χ4v) is 1.93. The molecule has 32 heavy (non-hydrogen) atoms. The van der Waals surface area contributed by atoms with Gasteiger partial charge in [-0.1, -0.05) is 6.07 Å². The van der Waals surface area contributed by atoms with Crippen LogP contribution in [0.25, 0.3) is 0 Å². The van der Waals surface area contributed by atoms with Crippen molar-refractivity contribution in [2.75, 3.05) is 21.3 Å². The Hall–Kier alpha value is -1.47. The summed E-state index contributed by atoms with van der Waals surface area (Å²) in [6.45, 7) is 13.5. The van der Waals surface area contributed by atoms with Gasteiger partial charge in [-0.2, -0.15) is 0 Å². The minimum absolute atomic E-state index is 0. The van der Waals surface area contributed by atoms with Crippen LogP contribution in [0.4, 0.5) is 25.2 Å². The van der Waals surface area contributed by atoms with Crippen LogP contribution in [0.2, 0.25) is 0 Å². The molecule has 1 aromatic rings. The maximum absolute atomic E-state index is 10.7. The number of methoxy groups -OCH3 is 3. The maximum Gasteiger partial charge on any atom is 2.00 e. The predicted molar refractivity (Wildman–Crippen MR) is 95.0 cm³/mol. The minimum atomic E-state index is -10.7.